The van der Waals surface area contributed by atoms with Gasteiger partial charge in [0.15, 0.2) is 5.75 Å². The molecular weight excluding hydrogens is 433 g/mol. The minimum absolute atomic E-state index is 0.156. The van der Waals surface area contributed by atoms with E-state index in [9.17, 15) is 9.18 Å². The topological polar surface area (TPSA) is 47.6 Å². The highest BCUT2D eigenvalue weighted by Crippen LogP contribution is 2.43. The Bertz CT molecular complexity index is 886. The molecule has 1 saturated heterocycles. The first-order valence-electron chi connectivity index (χ1n) is 8.81. The molecule has 142 valence electrons. The van der Waals surface area contributed by atoms with Gasteiger partial charge in [-0.3, -0.25) is 4.79 Å². The van der Waals surface area contributed by atoms with E-state index in [1.54, 1.807) is 6.07 Å². The minimum Gasteiger partial charge on any atom is -0.381 e. The predicted octanol–water partition coefficient (Wildman–Crippen LogP) is 4.90. The number of halogens is 2. The van der Waals surface area contributed by atoms with E-state index in [1.165, 1.54) is 17.8 Å². The number of hydrogen-bond donors (Lipinski definition) is 1. The largest absolute Gasteiger partial charge is 0.381 e. The third-order valence-corrected chi connectivity index (χ3v) is 7.23. The summed E-state index contributed by atoms with van der Waals surface area (Å²) in [6.45, 7) is 3.16. The Morgan fingerprint density at radius 1 is 1.19 bits per heavy atom. The van der Waals surface area contributed by atoms with Crippen molar-refractivity contribution < 1.29 is 18.8 Å². The quantitative estimate of drug-likeness (QED) is 0.673. The standard InChI is InChI=1S/C20H19BrFNO3S/c1-12-17-3-2-15(11-18(17)26-23-19(12)24)27-16-9-13(8-14(22)10-16)20(21)4-6-25-7-5-20/h2-3,8-12H,4-7H2,1H3,(H,23,24). The zero-order valence-electron chi connectivity index (χ0n) is 14.8. The molecule has 2 aromatic rings. The van der Waals surface area contributed by atoms with Gasteiger partial charge in [-0.05, 0) is 55.7 Å². The number of benzene rings is 2. The van der Waals surface area contributed by atoms with Crippen LogP contribution in [0.4, 0.5) is 4.39 Å². The molecule has 2 aliphatic heterocycles. The second kappa shape index (κ2) is 7.45. The summed E-state index contributed by atoms with van der Waals surface area (Å²) in [5.41, 5.74) is 4.20. The predicted molar refractivity (Wildman–Crippen MR) is 105 cm³/mol. The number of fused-ring (bicyclic) bond motifs is 1. The van der Waals surface area contributed by atoms with Gasteiger partial charge < -0.3 is 9.57 Å². The first kappa shape index (κ1) is 18.8. The van der Waals surface area contributed by atoms with Gasteiger partial charge >= 0.3 is 0 Å². The molecule has 2 aromatic carbocycles. The molecular formula is C20H19BrFNO3S. The second-order valence-electron chi connectivity index (χ2n) is 6.85. The molecule has 0 radical (unpaired) electrons. The number of nitrogens with one attached hydrogen (secondary N) is 1. The summed E-state index contributed by atoms with van der Waals surface area (Å²) in [6, 6.07) is 10.9. The molecule has 0 aliphatic carbocycles. The minimum atomic E-state index is -0.254. The van der Waals surface area contributed by atoms with Crippen LogP contribution in [0.3, 0.4) is 0 Å². The maximum Gasteiger partial charge on any atom is 0.259 e. The molecule has 1 unspecified atom stereocenters. The van der Waals surface area contributed by atoms with Crippen molar-refractivity contribution in [2.45, 2.75) is 39.8 Å². The van der Waals surface area contributed by atoms with E-state index in [0.717, 1.165) is 33.8 Å². The summed E-state index contributed by atoms with van der Waals surface area (Å²) in [5.74, 6) is -0.0346. The van der Waals surface area contributed by atoms with Crippen LogP contribution in [-0.2, 0) is 13.9 Å². The third-order valence-electron chi connectivity index (χ3n) is 5.02. The van der Waals surface area contributed by atoms with Gasteiger partial charge in [-0.15, -0.1) is 0 Å². The molecule has 1 N–H and O–H groups in total. The lowest BCUT2D eigenvalue weighted by Crippen LogP contribution is -2.35. The van der Waals surface area contributed by atoms with Gasteiger partial charge in [0.1, 0.15) is 5.82 Å². The number of alkyl halides is 1. The van der Waals surface area contributed by atoms with E-state index in [1.807, 2.05) is 31.2 Å². The Hall–Kier alpha value is -1.57. The molecule has 0 spiro atoms. The van der Waals surface area contributed by atoms with Crippen molar-refractivity contribution in [3.8, 4) is 5.75 Å². The van der Waals surface area contributed by atoms with Crippen LogP contribution in [0.5, 0.6) is 5.75 Å². The molecule has 2 heterocycles. The van der Waals surface area contributed by atoms with Crippen LogP contribution < -0.4 is 10.3 Å². The number of hydrogen-bond acceptors (Lipinski definition) is 4. The number of rotatable bonds is 3. The van der Waals surface area contributed by atoms with Crippen molar-refractivity contribution in [2.24, 2.45) is 0 Å². The Morgan fingerprint density at radius 3 is 2.74 bits per heavy atom. The van der Waals surface area contributed by atoms with Crippen LogP contribution in [0.25, 0.3) is 0 Å². The van der Waals surface area contributed by atoms with Crippen LogP contribution in [-0.4, -0.2) is 19.1 Å². The maximum absolute atomic E-state index is 14.3. The molecule has 4 rings (SSSR count). The lowest BCUT2D eigenvalue weighted by molar-refractivity contribution is -0.130. The number of hydroxylamine groups is 1. The van der Waals surface area contributed by atoms with Crippen molar-refractivity contribution >= 4 is 33.6 Å². The van der Waals surface area contributed by atoms with Gasteiger partial charge in [-0.25, -0.2) is 4.39 Å². The monoisotopic (exact) mass is 451 g/mol. The van der Waals surface area contributed by atoms with E-state index < -0.39 is 0 Å². The summed E-state index contributed by atoms with van der Waals surface area (Å²) >= 11 is 5.27. The normalized spacial score (nSPS) is 21.1. The molecule has 0 bridgehead atoms. The fraction of sp³-hybridized carbons (Fsp3) is 0.350. The lowest BCUT2D eigenvalue weighted by Gasteiger charge is -2.32. The summed E-state index contributed by atoms with van der Waals surface area (Å²) in [5, 5.41) is 0. The second-order valence-corrected chi connectivity index (χ2v) is 9.51. The Labute approximate surface area is 169 Å². The molecule has 2 aliphatic rings. The average molecular weight is 452 g/mol. The molecule has 4 nitrogen and oxygen atoms in total. The first-order chi connectivity index (χ1) is 12.9. The summed E-state index contributed by atoms with van der Waals surface area (Å²) in [6.07, 6.45) is 1.62. The fourth-order valence-corrected chi connectivity index (χ4v) is 4.84. The number of amides is 1. The molecule has 7 heteroatoms. The highest BCUT2D eigenvalue weighted by atomic mass is 79.9. The number of carbonyl (C=O) groups excluding carboxylic acids is 1. The summed E-state index contributed by atoms with van der Waals surface area (Å²) in [4.78, 5) is 18.8. The van der Waals surface area contributed by atoms with E-state index >= 15 is 0 Å². The smallest absolute Gasteiger partial charge is 0.259 e. The van der Waals surface area contributed by atoms with E-state index in [2.05, 4.69) is 21.4 Å². The molecule has 1 amide bonds. The van der Waals surface area contributed by atoms with Crippen molar-refractivity contribution in [1.29, 1.82) is 0 Å². The Morgan fingerprint density at radius 2 is 1.96 bits per heavy atom. The van der Waals surface area contributed by atoms with Crippen molar-refractivity contribution in [3.05, 3.63) is 53.3 Å². The van der Waals surface area contributed by atoms with Crippen LogP contribution in [0, 0.1) is 5.82 Å². The van der Waals surface area contributed by atoms with E-state index in [0.29, 0.717) is 19.0 Å². The third kappa shape index (κ3) is 3.86. The van der Waals surface area contributed by atoms with Gasteiger partial charge in [-0.1, -0.05) is 33.8 Å². The Kier molecular flexibility index (Phi) is 5.18. The van der Waals surface area contributed by atoms with Crippen LogP contribution in [0.2, 0.25) is 0 Å². The van der Waals surface area contributed by atoms with Crippen molar-refractivity contribution in [3.63, 3.8) is 0 Å². The first-order valence-corrected chi connectivity index (χ1v) is 10.4. The fourth-order valence-electron chi connectivity index (χ4n) is 3.36. The van der Waals surface area contributed by atoms with Gasteiger partial charge in [0.25, 0.3) is 5.91 Å². The van der Waals surface area contributed by atoms with Crippen molar-refractivity contribution in [2.75, 3.05) is 13.2 Å². The van der Waals surface area contributed by atoms with Gasteiger partial charge in [-0.2, -0.15) is 5.48 Å². The average Bonchev–Trinajstić information content (AvgIpc) is 2.65. The van der Waals surface area contributed by atoms with Gasteiger partial charge in [0, 0.05) is 28.6 Å². The van der Waals surface area contributed by atoms with Crippen LogP contribution in [0.15, 0.2) is 46.2 Å². The Balaban J connectivity index is 1.61. The maximum atomic E-state index is 14.3. The highest BCUT2D eigenvalue weighted by Gasteiger charge is 2.32. The SMILES string of the molecule is CC1C(=O)NOc2cc(Sc3cc(F)cc(C4(Br)CCOCC4)c3)ccc21. The van der Waals surface area contributed by atoms with E-state index in [-0.39, 0.29) is 22.0 Å². The van der Waals surface area contributed by atoms with Crippen molar-refractivity contribution in [1.82, 2.24) is 5.48 Å². The molecule has 1 fully saturated rings. The summed E-state index contributed by atoms with van der Waals surface area (Å²) < 4.78 is 19.5. The van der Waals surface area contributed by atoms with E-state index in [4.69, 9.17) is 9.57 Å². The molecule has 27 heavy (non-hydrogen) atoms. The molecule has 0 aromatic heterocycles. The highest BCUT2D eigenvalue weighted by molar-refractivity contribution is 9.09. The molecule has 1 atom stereocenters. The lowest BCUT2D eigenvalue weighted by atomic mass is 9.91. The number of carbonyl (C=O) groups is 1. The van der Waals surface area contributed by atoms with Gasteiger partial charge in [0.2, 0.25) is 0 Å². The van der Waals surface area contributed by atoms with Crippen LogP contribution >= 0.6 is 27.7 Å². The molecule has 0 saturated carbocycles. The summed E-state index contributed by atoms with van der Waals surface area (Å²) in [7, 11) is 0. The van der Waals surface area contributed by atoms with Gasteiger partial charge in [0.05, 0.1) is 10.2 Å². The van der Waals surface area contributed by atoms with Crippen LogP contribution in [0.1, 0.15) is 36.8 Å². The zero-order chi connectivity index (χ0) is 19.0. The number of ether oxygens (including phenoxy) is 1. The zero-order valence-corrected chi connectivity index (χ0v) is 17.2.